The van der Waals surface area contributed by atoms with Gasteiger partial charge in [0.15, 0.2) is 0 Å². The van der Waals surface area contributed by atoms with E-state index in [4.69, 9.17) is 11.6 Å². The molecule has 18 heavy (non-hydrogen) atoms. The van der Waals surface area contributed by atoms with E-state index >= 15 is 0 Å². The number of rotatable bonds is 6. The summed E-state index contributed by atoms with van der Waals surface area (Å²) in [5.41, 5.74) is 0.593. The highest BCUT2D eigenvalue weighted by Crippen LogP contribution is 2.19. The summed E-state index contributed by atoms with van der Waals surface area (Å²) in [5, 5.41) is 15.7. The average molecular weight is 271 g/mol. The van der Waals surface area contributed by atoms with Crippen LogP contribution in [0.25, 0.3) is 0 Å². The lowest BCUT2D eigenvalue weighted by atomic mass is 10.1. The number of aliphatic hydroxyl groups is 1. The monoisotopic (exact) mass is 270 g/mol. The molecule has 1 rings (SSSR count). The van der Waals surface area contributed by atoms with Crippen molar-refractivity contribution in [2.75, 3.05) is 18.4 Å². The van der Waals surface area contributed by atoms with E-state index in [9.17, 15) is 9.90 Å². The molecule has 0 aliphatic carbocycles. The normalized spacial score (nSPS) is 12.5. The number of para-hydroxylation sites is 1. The molecule has 1 aromatic carbocycles. The number of anilines is 1. The van der Waals surface area contributed by atoms with E-state index in [-0.39, 0.29) is 18.4 Å². The molecule has 0 spiro atoms. The lowest BCUT2D eigenvalue weighted by Crippen LogP contribution is -2.35. The van der Waals surface area contributed by atoms with Gasteiger partial charge in [-0.25, -0.2) is 0 Å². The first-order valence-electron chi connectivity index (χ1n) is 5.94. The molecule has 0 aromatic heterocycles. The number of hydrogen-bond donors (Lipinski definition) is 3. The minimum absolute atomic E-state index is 0.148. The van der Waals surface area contributed by atoms with Crippen molar-refractivity contribution in [2.45, 2.75) is 20.0 Å². The molecule has 0 bridgehead atoms. The smallest absolute Gasteiger partial charge is 0.238 e. The van der Waals surface area contributed by atoms with Crippen molar-refractivity contribution in [2.24, 2.45) is 5.92 Å². The van der Waals surface area contributed by atoms with Crippen LogP contribution in [0.4, 0.5) is 5.69 Å². The third-order valence-corrected chi connectivity index (χ3v) is 2.89. The molecular formula is C13H19ClN2O2. The standard InChI is InChI=1S/C13H19ClN2O2/c1-9(2)12(17)7-15-8-13(18)16-11-6-4-3-5-10(11)14/h3-6,9,12,15,17H,7-8H2,1-2H3,(H,16,18). The number of benzene rings is 1. The van der Waals surface area contributed by atoms with Crippen molar-refractivity contribution >= 4 is 23.2 Å². The molecule has 0 aliphatic rings. The van der Waals surface area contributed by atoms with Crippen molar-refractivity contribution in [3.05, 3.63) is 29.3 Å². The van der Waals surface area contributed by atoms with Gasteiger partial charge in [0.1, 0.15) is 0 Å². The van der Waals surface area contributed by atoms with E-state index in [1.807, 2.05) is 13.8 Å². The topological polar surface area (TPSA) is 61.4 Å². The van der Waals surface area contributed by atoms with Crippen LogP contribution >= 0.6 is 11.6 Å². The van der Waals surface area contributed by atoms with Crippen LogP contribution in [-0.2, 0) is 4.79 Å². The zero-order valence-electron chi connectivity index (χ0n) is 10.6. The largest absolute Gasteiger partial charge is 0.392 e. The maximum atomic E-state index is 11.6. The highest BCUT2D eigenvalue weighted by atomic mass is 35.5. The van der Waals surface area contributed by atoms with Crippen molar-refractivity contribution in [1.29, 1.82) is 0 Å². The van der Waals surface area contributed by atoms with E-state index in [1.165, 1.54) is 0 Å². The Balaban J connectivity index is 2.33. The Kier molecular flexibility index (Phi) is 6.12. The summed E-state index contributed by atoms with van der Waals surface area (Å²) in [6.45, 7) is 4.40. The van der Waals surface area contributed by atoms with Gasteiger partial charge in [0.25, 0.3) is 0 Å². The summed E-state index contributed by atoms with van der Waals surface area (Å²) in [4.78, 5) is 11.6. The van der Waals surface area contributed by atoms with E-state index < -0.39 is 6.10 Å². The van der Waals surface area contributed by atoms with E-state index in [0.29, 0.717) is 17.3 Å². The third-order valence-electron chi connectivity index (χ3n) is 2.56. The molecule has 0 fully saturated rings. The Bertz CT molecular complexity index is 396. The van der Waals surface area contributed by atoms with Crippen LogP contribution in [-0.4, -0.2) is 30.2 Å². The van der Waals surface area contributed by atoms with Gasteiger partial charge < -0.3 is 15.7 Å². The highest BCUT2D eigenvalue weighted by molar-refractivity contribution is 6.33. The summed E-state index contributed by atoms with van der Waals surface area (Å²) in [6, 6.07) is 7.06. The van der Waals surface area contributed by atoms with Crippen LogP contribution < -0.4 is 10.6 Å². The number of halogens is 1. The third kappa shape index (κ3) is 5.04. The molecule has 1 unspecified atom stereocenters. The van der Waals surface area contributed by atoms with Gasteiger partial charge in [-0.2, -0.15) is 0 Å². The van der Waals surface area contributed by atoms with Crippen LogP contribution in [0.2, 0.25) is 5.02 Å². The second-order valence-corrected chi connectivity index (χ2v) is 4.88. The van der Waals surface area contributed by atoms with Crippen molar-refractivity contribution in [1.82, 2.24) is 5.32 Å². The number of amides is 1. The van der Waals surface area contributed by atoms with Crippen LogP contribution in [0, 0.1) is 5.92 Å². The predicted octanol–water partition coefficient (Wildman–Crippen LogP) is 1.88. The van der Waals surface area contributed by atoms with Gasteiger partial charge >= 0.3 is 0 Å². The van der Waals surface area contributed by atoms with Gasteiger partial charge in [0.2, 0.25) is 5.91 Å². The Labute approximate surface area is 112 Å². The molecule has 0 saturated carbocycles. The van der Waals surface area contributed by atoms with Crippen LogP contribution in [0.3, 0.4) is 0 Å². The maximum Gasteiger partial charge on any atom is 0.238 e. The Morgan fingerprint density at radius 3 is 2.67 bits per heavy atom. The lowest BCUT2D eigenvalue weighted by molar-refractivity contribution is -0.115. The summed E-state index contributed by atoms with van der Waals surface area (Å²) in [5.74, 6) is -0.0109. The van der Waals surface area contributed by atoms with E-state index in [2.05, 4.69) is 10.6 Å². The molecule has 4 nitrogen and oxygen atoms in total. The molecule has 3 N–H and O–H groups in total. The molecule has 100 valence electrons. The van der Waals surface area contributed by atoms with E-state index in [0.717, 1.165) is 0 Å². The van der Waals surface area contributed by atoms with Crippen LogP contribution in [0.5, 0.6) is 0 Å². The number of carbonyl (C=O) groups is 1. The molecule has 0 heterocycles. The average Bonchev–Trinajstić information content (AvgIpc) is 2.32. The zero-order valence-corrected chi connectivity index (χ0v) is 11.4. The second-order valence-electron chi connectivity index (χ2n) is 4.47. The summed E-state index contributed by atoms with van der Waals surface area (Å²) >= 11 is 5.92. The van der Waals surface area contributed by atoms with Gasteiger partial charge in [-0.1, -0.05) is 37.6 Å². The van der Waals surface area contributed by atoms with E-state index in [1.54, 1.807) is 24.3 Å². The van der Waals surface area contributed by atoms with Crippen LogP contribution in [0.1, 0.15) is 13.8 Å². The zero-order chi connectivity index (χ0) is 13.5. The summed E-state index contributed by atoms with van der Waals surface area (Å²) in [6.07, 6.45) is -0.446. The number of aliphatic hydroxyl groups excluding tert-OH is 1. The molecule has 0 saturated heterocycles. The van der Waals surface area contributed by atoms with Gasteiger partial charge in [-0.05, 0) is 18.1 Å². The maximum absolute atomic E-state index is 11.6. The molecule has 5 heteroatoms. The van der Waals surface area contributed by atoms with Gasteiger partial charge in [-0.15, -0.1) is 0 Å². The molecule has 1 atom stereocenters. The van der Waals surface area contributed by atoms with Crippen molar-refractivity contribution in [3.63, 3.8) is 0 Å². The molecule has 0 aliphatic heterocycles. The fourth-order valence-electron chi connectivity index (χ4n) is 1.33. The Hall–Kier alpha value is -1.10. The first-order valence-corrected chi connectivity index (χ1v) is 6.31. The van der Waals surface area contributed by atoms with Gasteiger partial charge in [0, 0.05) is 6.54 Å². The molecular weight excluding hydrogens is 252 g/mol. The van der Waals surface area contributed by atoms with Crippen molar-refractivity contribution in [3.8, 4) is 0 Å². The van der Waals surface area contributed by atoms with Crippen molar-refractivity contribution < 1.29 is 9.90 Å². The van der Waals surface area contributed by atoms with Gasteiger partial charge in [-0.3, -0.25) is 4.79 Å². The Morgan fingerprint density at radius 1 is 1.39 bits per heavy atom. The first-order chi connectivity index (χ1) is 8.50. The fraction of sp³-hybridized carbons (Fsp3) is 0.462. The quantitative estimate of drug-likeness (QED) is 0.740. The number of hydrogen-bond acceptors (Lipinski definition) is 3. The minimum Gasteiger partial charge on any atom is -0.392 e. The summed E-state index contributed by atoms with van der Waals surface area (Å²) in [7, 11) is 0. The lowest BCUT2D eigenvalue weighted by Gasteiger charge is -2.15. The highest BCUT2D eigenvalue weighted by Gasteiger charge is 2.10. The number of nitrogens with one attached hydrogen (secondary N) is 2. The SMILES string of the molecule is CC(C)C(O)CNCC(=O)Nc1ccccc1Cl. The van der Waals surface area contributed by atoms with Crippen LogP contribution in [0.15, 0.2) is 24.3 Å². The predicted molar refractivity (Wildman–Crippen MR) is 73.8 cm³/mol. The molecule has 1 aromatic rings. The van der Waals surface area contributed by atoms with Gasteiger partial charge in [0.05, 0.1) is 23.4 Å². The fourth-order valence-corrected chi connectivity index (χ4v) is 1.51. The summed E-state index contributed by atoms with van der Waals surface area (Å²) < 4.78 is 0. The second kappa shape index (κ2) is 7.36. The minimum atomic E-state index is -0.446. The molecule has 0 radical (unpaired) electrons. The molecule has 1 amide bonds. The first kappa shape index (κ1) is 15.0. The number of carbonyl (C=O) groups excluding carboxylic acids is 1. The Morgan fingerprint density at radius 2 is 2.06 bits per heavy atom.